The fourth-order valence-corrected chi connectivity index (χ4v) is 2.32. The van der Waals surface area contributed by atoms with Crippen LogP contribution in [0.25, 0.3) is 0 Å². The lowest BCUT2D eigenvalue weighted by Gasteiger charge is -2.12. The third kappa shape index (κ3) is 4.05. The van der Waals surface area contributed by atoms with Crippen LogP contribution in [0.1, 0.15) is 22.6 Å². The van der Waals surface area contributed by atoms with Crippen LogP contribution in [0.4, 0.5) is 23.4 Å². The van der Waals surface area contributed by atoms with Gasteiger partial charge in [0.2, 0.25) is 5.82 Å². The molecule has 0 aliphatic rings. The Kier molecular flexibility index (Phi) is 5.20. The topological polar surface area (TPSA) is 104 Å². The second kappa shape index (κ2) is 7.58. The van der Waals surface area contributed by atoms with E-state index in [2.05, 4.69) is 25.7 Å². The summed E-state index contributed by atoms with van der Waals surface area (Å²) in [4.78, 5) is 9.17. The van der Waals surface area contributed by atoms with E-state index >= 15 is 0 Å². The molecule has 0 unspecified atom stereocenters. The lowest BCUT2D eigenvalue weighted by molar-refractivity contribution is -0.140. The number of nitrogens with zero attached hydrogens (tertiary/aromatic N) is 6. The minimum absolute atomic E-state index is 0.0845. The van der Waals surface area contributed by atoms with Gasteiger partial charge in [0, 0.05) is 12.6 Å². The number of nitrogens with two attached hydrogens (primary N) is 1. The molecule has 28 heavy (non-hydrogen) atoms. The molecule has 0 amide bonds. The number of halogens is 4. The molecule has 146 valence electrons. The third-order valence-corrected chi connectivity index (χ3v) is 3.59. The Bertz CT molecular complexity index is 1020. The van der Waals surface area contributed by atoms with Gasteiger partial charge < -0.3 is 10.6 Å². The number of tetrazole rings is 1. The standard InChI is InChI=1S/C16H13F4N7O/c1-27-15(23-25-26-27)14(24-28-8-9-4-2-7-12(21)22-9)10-5-3-6-11(13(10)17)16(18,19)20/h2-7H,8H2,1H3,(H2,21,22)/b24-14+. The Morgan fingerprint density at radius 3 is 2.61 bits per heavy atom. The van der Waals surface area contributed by atoms with Crippen LogP contribution in [-0.4, -0.2) is 30.9 Å². The van der Waals surface area contributed by atoms with Gasteiger partial charge in [-0.1, -0.05) is 17.3 Å². The zero-order chi connectivity index (χ0) is 20.3. The van der Waals surface area contributed by atoms with Crippen LogP contribution in [-0.2, 0) is 24.7 Å². The Morgan fingerprint density at radius 1 is 1.21 bits per heavy atom. The lowest BCUT2D eigenvalue weighted by Crippen LogP contribution is -2.17. The molecule has 0 spiro atoms. The fourth-order valence-electron chi connectivity index (χ4n) is 2.32. The average Bonchev–Trinajstić information content (AvgIpc) is 3.04. The van der Waals surface area contributed by atoms with E-state index in [1.54, 1.807) is 18.2 Å². The van der Waals surface area contributed by atoms with Crippen LogP contribution in [0.5, 0.6) is 0 Å². The Hall–Kier alpha value is -3.57. The van der Waals surface area contributed by atoms with Crippen molar-refractivity contribution < 1.29 is 22.4 Å². The van der Waals surface area contributed by atoms with E-state index in [1.807, 2.05) is 0 Å². The van der Waals surface area contributed by atoms with Gasteiger partial charge in [0.25, 0.3) is 0 Å². The van der Waals surface area contributed by atoms with Crippen molar-refractivity contribution in [3.8, 4) is 0 Å². The minimum Gasteiger partial charge on any atom is -0.389 e. The zero-order valence-corrected chi connectivity index (χ0v) is 14.4. The lowest BCUT2D eigenvalue weighted by atomic mass is 10.0. The van der Waals surface area contributed by atoms with Crippen LogP contribution in [0.3, 0.4) is 0 Å². The molecule has 0 atom stereocenters. The highest BCUT2D eigenvalue weighted by Crippen LogP contribution is 2.33. The van der Waals surface area contributed by atoms with E-state index in [1.165, 1.54) is 7.05 Å². The number of aryl methyl sites for hydroxylation is 1. The first kappa shape index (κ1) is 19.2. The highest BCUT2D eigenvalue weighted by atomic mass is 19.4. The Balaban J connectivity index is 2.00. The smallest absolute Gasteiger partial charge is 0.389 e. The molecule has 8 nitrogen and oxygen atoms in total. The van der Waals surface area contributed by atoms with Crippen molar-refractivity contribution in [1.82, 2.24) is 25.2 Å². The van der Waals surface area contributed by atoms with Crippen LogP contribution >= 0.6 is 0 Å². The van der Waals surface area contributed by atoms with Crippen LogP contribution in [0, 0.1) is 5.82 Å². The Morgan fingerprint density at radius 2 is 1.96 bits per heavy atom. The highest BCUT2D eigenvalue weighted by Gasteiger charge is 2.36. The van der Waals surface area contributed by atoms with Gasteiger partial charge >= 0.3 is 6.18 Å². The number of oxime groups is 1. The summed E-state index contributed by atoms with van der Waals surface area (Å²) in [6.45, 7) is -0.152. The number of nitrogen functional groups attached to an aromatic ring is 1. The average molecular weight is 395 g/mol. The molecular weight excluding hydrogens is 382 g/mol. The maximum absolute atomic E-state index is 14.6. The molecule has 0 fully saturated rings. The van der Waals surface area contributed by atoms with E-state index in [4.69, 9.17) is 10.6 Å². The van der Waals surface area contributed by atoms with Gasteiger partial charge in [0.05, 0.1) is 11.3 Å². The molecule has 3 aromatic rings. The summed E-state index contributed by atoms with van der Waals surface area (Å²) < 4.78 is 54.9. The van der Waals surface area contributed by atoms with Gasteiger partial charge in [0.1, 0.15) is 11.6 Å². The van der Waals surface area contributed by atoms with Crippen molar-refractivity contribution in [3.63, 3.8) is 0 Å². The predicted molar refractivity (Wildman–Crippen MR) is 89.3 cm³/mol. The van der Waals surface area contributed by atoms with Crippen LogP contribution < -0.4 is 5.73 Å². The summed E-state index contributed by atoms with van der Waals surface area (Å²) >= 11 is 0. The molecular formula is C16H13F4N7O. The largest absolute Gasteiger partial charge is 0.419 e. The summed E-state index contributed by atoms with van der Waals surface area (Å²) in [5, 5.41) is 14.4. The minimum atomic E-state index is -4.88. The number of pyridine rings is 1. The van der Waals surface area contributed by atoms with E-state index in [0.29, 0.717) is 11.8 Å². The van der Waals surface area contributed by atoms with Crippen molar-refractivity contribution in [2.24, 2.45) is 12.2 Å². The third-order valence-electron chi connectivity index (χ3n) is 3.59. The summed E-state index contributed by atoms with van der Waals surface area (Å²) in [6.07, 6.45) is -4.88. The molecule has 12 heteroatoms. The molecule has 2 heterocycles. The quantitative estimate of drug-likeness (QED) is 0.404. The predicted octanol–water partition coefficient (Wildman–Crippen LogP) is 2.31. The molecule has 0 bridgehead atoms. The van der Waals surface area contributed by atoms with E-state index in [-0.39, 0.29) is 24.0 Å². The van der Waals surface area contributed by atoms with Crippen molar-refractivity contribution >= 4 is 11.5 Å². The number of alkyl halides is 3. The van der Waals surface area contributed by atoms with Gasteiger partial charge in [-0.25, -0.2) is 14.1 Å². The first-order chi connectivity index (χ1) is 13.3. The molecule has 0 saturated heterocycles. The summed E-state index contributed by atoms with van der Waals surface area (Å²) in [6, 6.07) is 7.63. The van der Waals surface area contributed by atoms with Gasteiger partial charge in [-0.3, -0.25) is 0 Å². The summed E-state index contributed by atoms with van der Waals surface area (Å²) in [7, 11) is 1.43. The second-order valence-electron chi connectivity index (χ2n) is 5.56. The SMILES string of the molecule is Cn1nnnc1/C(=N/OCc1cccc(N)n1)c1cccc(C(F)(F)F)c1F. The monoisotopic (exact) mass is 395 g/mol. The number of anilines is 1. The maximum atomic E-state index is 14.6. The molecule has 1 aromatic carbocycles. The van der Waals surface area contributed by atoms with E-state index in [9.17, 15) is 17.6 Å². The second-order valence-corrected chi connectivity index (χ2v) is 5.56. The zero-order valence-electron chi connectivity index (χ0n) is 14.4. The maximum Gasteiger partial charge on any atom is 0.419 e. The summed E-state index contributed by atoms with van der Waals surface area (Å²) in [5.74, 6) is -1.34. The van der Waals surface area contributed by atoms with Crippen LogP contribution in [0.15, 0.2) is 41.6 Å². The molecule has 0 saturated carbocycles. The summed E-state index contributed by atoms with van der Waals surface area (Å²) in [5.41, 5.74) is 3.78. The number of benzene rings is 1. The molecule has 3 rings (SSSR count). The van der Waals surface area contributed by atoms with E-state index in [0.717, 1.165) is 16.8 Å². The van der Waals surface area contributed by atoms with Crippen LogP contribution in [0.2, 0.25) is 0 Å². The van der Waals surface area contributed by atoms with E-state index < -0.39 is 23.1 Å². The highest BCUT2D eigenvalue weighted by molar-refractivity contribution is 6.10. The number of aromatic nitrogens is 5. The van der Waals surface area contributed by atoms with Gasteiger partial charge in [-0.2, -0.15) is 13.2 Å². The molecule has 2 aromatic heterocycles. The van der Waals surface area contributed by atoms with Crippen molar-refractivity contribution in [2.45, 2.75) is 12.8 Å². The van der Waals surface area contributed by atoms with Crippen molar-refractivity contribution in [2.75, 3.05) is 5.73 Å². The normalized spacial score (nSPS) is 12.2. The molecule has 2 N–H and O–H groups in total. The molecule has 0 aliphatic carbocycles. The van der Waals surface area contributed by atoms with Gasteiger partial charge in [0.15, 0.2) is 12.3 Å². The van der Waals surface area contributed by atoms with Gasteiger partial charge in [-0.05, 0) is 34.7 Å². The van der Waals surface area contributed by atoms with Crippen molar-refractivity contribution in [3.05, 3.63) is 64.9 Å². The molecule has 0 radical (unpaired) electrons. The fraction of sp³-hybridized carbons (Fsp3) is 0.188. The first-order valence-corrected chi connectivity index (χ1v) is 7.77. The number of hydrogen-bond acceptors (Lipinski definition) is 7. The van der Waals surface area contributed by atoms with Gasteiger partial charge in [-0.15, -0.1) is 5.10 Å². The first-order valence-electron chi connectivity index (χ1n) is 7.77. The molecule has 0 aliphatic heterocycles. The number of rotatable bonds is 5. The van der Waals surface area contributed by atoms with Crippen molar-refractivity contribution in [1.29, 1.82) is 0 Å². The number of hydrogen-bond donors (Lipinski definition) is 1. The Labute approximate surface area is 155 Å².